The first kappa shape index (κ1) is 12.5. The second-order valence-corrected chi connectivity index (χ2v) is 4.38. The van der Waals surface area contributed by atoms with Crippen LogP contribution < -0.4 is 10.5 Å². The topological polar surface area (TPSA) is 44.4 Å². The molecule has 0 saturated carbocycles. The van der Waals surface area contributed by atoms with Gasteiger partial charge in [0.15, 0.2) is 5.58 Å². The zero-order valence-corrected chi connectivity index (χ0v) is 10.8. The third-order valence-electron chi connectivity index (χ3n) is 3.14. The smallest absolute Gasteiger partial charge is 0.420 e. The SMILES string of the molecule is COc1ccc(F)cc1Cn1c(=O)oc2ccccc21. The lowest BCUT2D eigenvalue weighted by Crippen LogP contribution is -2.15. The highest BCUT2D eigenvalue weighted by Gasteiger charge is 2.12. The van der Waals surface area contributed by atoms with Gasteiger partial charge in [-0.2, -0.15) is 0 Å². The van der Waals surface area contributed by atoms with Crippen molar-refractivity contribution in [3.8, 4) is 5.75 Å². The van der Waals surface area contributed by atoms with Crippen molar-refractivity contribution in [2.45, 2.75) is 6.54 Å². The number of rotatable bonds is 3. The van der Waals surface area contributed by atoms with Gasteiger partial charge in [-0.3, -0.25) is 4.57 Å². The van der Waals surface area contributed by atoms with Crippen molar-refractivity contribution in [3.63, 3.8) is 0 Å². The zero-order chi connectivity index (χ0) is 14.1. The lowest BCUT2D eigenvalue weighted by molar-refractivity contribution is 0.406. The van der Waals surface area contributed by atoms with Crippen molar-refractivity contribution in [2.24, 2.45) is 0 Å². The molecule has 0 amide bonds. The van der Waals surface area contributed by atoms with Crippen molar-refractivity contribution in [2.75, 3.05) is 7.11 Å². The molecule has 0 saturated heterocycles. The fourth-order valence-electron chi connectivity index (χ4n) is 2.20. The molecule has 0 N–H and O–H groups in total. The Morgan fingerprint density at radius 2 is 2.05 bits per heavy atom. The largest absolute Gasteiger partial charge is 0.496 e. The average Bonchev–Trinajstić information content (AvgIpc) is 2.76. The fraction of sp³-hybridized carbons (Fsp3) is 0.133. The summed E-state index contributed by atoms with van der Waals surface area (Å²) in [5.74, 6) is -0.317. The van der Waals surface area contributed by atoms with E-state index in [-0.39, 0.29) is 12.4 Å². The van der Waals surface area contributed by atoms with Crippen LogP contribution in [0.25, 0.3) is 11.1 Å². The molecule has 4 nitrogen and oxygen atoms in total. The number of halogens is 1. The van der Waals surface area contributed by atoms with E-state index < -0.39 is 5.76 Å². The third kappa shape index (κ3) is 2.07. The molecule has 3 aromatic rings. The van der Waals surface area contributed by atoms with Crippen LogP contribution in [0.5, 0.6) is 5.75 Å². The van der Waals surface area contributed by atoms with Crippen molar-refractivity contribution in [3.05, 3.63) is 64.4 Å². The Balaban J connectivity index is 2.12. The van der Waals surface area contributed by atoms with Gasteiger partial charge in [0, 0.05) is 5.56 Å². The maximum Gasteiger partial charge on any atom is 0.420 e. The van der Waals surface area contributed by atoms with Crippen molar-refractivity contribution >= 4 is 11.1 Å². The molecule has 1 aromatic heterocycles. The number of nitrogens with zero attached hydrogens (tertiary/aromatic N) is 1. The van der Waals surface area contributed by atoms with Gasteiger partial charge in [-0.05, 0) is 30.3 Å². The molecule has 1 heterocycles. The number of oxazole rings is 1. The minimum absolute atomic E-state index is 0.191. The van der Waals surface area contributed by atoms with E-state index in [1.165, 1.54) is 29.9 Å². The number of methoxy groups -OCH3 is 1. The normalized spacial score (nSPS) is 10.9. The molecule has 0 fully saturated rings. The molecule has 0 aliphatic carbocycles. The number of fused-ring (bicyclic) bond motifs is 1. The molecule has 3 rings (SSSR count). The van der Waals surface area contributed by atoms with E-state index in [0.717, 1.165) is 0 Å². The number of benzene rings is 2. The van der Waals surface area contributed by atoms with Crippen molar-refractivity contribution in [1.82, 2.24) is 4.57 Å². The first-order valence-electron chi connectivity index (χ1n) is 6.10. The van der Waals surface area contributed by atoms with Gasteiger partial charge >= 0.3 is 5.76 Å². The van der Waals surface area contributed by atoms with Gasteiger partial charge in [0.2, 0.25) is 0 Å². The Morgan fingerprint density at radius 3 is 2.85 bits per heavy atom. The summed E-state index contributed by atoms with van der Waals surface area (Å²) in [6.45, 7) is 0.191. The molecule has 5 heteroatoms. The molecule has 20 heavy (non-hydrogen) atoms. The maximum absolute atomic E-state index is 13.4. The van der Waals surface area contributed by atoms with Gasteiger partial charge in [0.05, 0.1) is 19.2 Å². The van der Waals surface area contributed by atoms with Crippen LogP contribution in [0.2, 0.25) is 0 Å². The predicted molar refractivity (Wildman–Crippen MR) is 72.5 cm³/mol. The molecule has 2 aromatic carbocycles. The summed E-state index contributed by atoms with van der Waals surface area (Å²) in [6, 6.07) is 11.3. The molecule has 0 unspecified atom stereocenters. The summed E-state index contributed by atoms with van der Waals surface area (Å²) in [4.78, 5) is 11.9. The highest BCUT2D eigenvalue weighted by Crippen LogP contribution is 2.22. The molecule has 0 bridgehead atoms. The van der Waals surface area contributed by atoms with Crippen LogP contribution in [-0.4, -0.2) is 11.7 Å². The van der Waals surface area contributed by atoms with E-state index in [0.29, 0.717) is 22.4 Å². The first-order valence-corrected chi connectivity index (χ1v) is 6.10. The van der Waals surface area contributed by atoms with Crippen molar-refractivity contribution < 1.29 is 13.5 Å². The summed E-state index contributed by atoms with van der Waals surface area (Å²) in [5.41, 5.74) is 1.76. The highest BCUT2D eigenvalue weighted by atomic mass is 19.1. The van der Waals surface area contributed by atoms with Gasteiger partial charge in [-0.15, -0.1) is 0 Å². The number of para-hydroxylation sites is 2. The van der Waals surface area contributed by atoms with Gasteiger partial charge < -0.3 is 9.15 Å². The Hall–Kier alpha value is -2.56. The van der Waals surface area contributed by atoms with Crippen LogP contribution in [0.1, 0.15) is 5.56 Å². The van der Waals surface area contributed by atoms with E-state index in [2.05, 4.69) is 0 Å². The summed E-state index contributed by atoms with van der Waals surface area (Å²) >= 11 is 0. The van der Waals surface area contributed by atoms with Gasteiger partial charge in [-0.1, -0.05) is 12.1 Å². The minimum atomic E-state index is -0.475. The lowest BCUT2D eigenvalue weighted by atomic mass is 10.2. The molecular weight excluding hydrogens is 261 g/mol. The second-order valence-electron chi connectivity index (χ2n) is 4.38. The maximum atomic E-state index is 13.4. The van der Waals surface area contributed by atoms with Crippen LogP contribution in [0.3, 0.4) is 0 Å². The molecule has 0 aliphatic rings. The first-order chi connectivity index (χ1) is 9.69. The van der Waals surface area contributed by atoms with Gasteiger partial charge in [0.1, 0.15) is 11.6 Å². The van der Waals surface area contributed by atoms with E-state index in [1.54, 1.807) is 18.2 Å². The molecule has 102 valence electrons. The third-order valence-corrected chi connectivity index (χ3v) is 3.14. The summed E-state index contributed by atoms with van der Waals surface area (Å²) in [7, 11) is 1.51. The summed E-state index contributed by atoms with van der Waals surface area (Å²) in [5, 5.41) is 0. The average molecular weight is 273 g/mol. The predicted octanol–water partition coefficient (Wildman–Crippen LogP) is 2.79. The summed E-state index contributed by atoms with van der Waals surface area (Å²) in [6.07, 6.45) is 0. The Bertz CT molecular complexity index is 819. The van der Waals surface area contributed by atoms with Crippen LogP contribution >= 0.6 is 0 Å². The Kier molecular flexibility index (Phi) is 3.02. The molecule has 0 radical (unpaired) electrons. The number of ether oxygens (including phenoxy) is 1. The van der Waals surface area contributed by atoms with Crippen LogP contribution in [0.4, 0.5) is 4.39 Å². The molecule has 0 atom stereocenters. The van der Waals surface area contributed by atoms with E-state index in [9.17, 15) is 9.18 Å². The van der Waals surface area contributed by atoms with Gasteiger partial charge in [-0.25, -0.2) is 9.18 Å². The lowest BCUT2D eigenvalue weighted by Gasteiger charge is -2.08. The molecular formula is C15H12FNO3. The fourth-order valence-corrected chi connectivity index (χ4v) is 2.20. The monoisotopic (exact) mass is 273 g/mol. The second kappa shape index (κ2) is 4.85. The Morgan fingerprint density at radius 1 is 1.25 bits per heavy atom. The Labute approximate surface area is 114 Å². The molecule has 0 spiro atoms. The minimum Gasteiger partial charge on any atom is -0.496 e. The number of aromatic nitrogens is 1. The van der Waals surface area contributed by atoms with E-state index >= 15 is 0 Å². The molecule has 0 aliphatic heterocycles. The van der Waals surface area contributed by atoms with Crippen LogP contribution in [0, 0.1) is 5.82 Å². The number of hydrogen-bond acceptors (Lipinski definition) is 3. The number of hydrogen-bond donors (Lipinski definition) is 0. The van der Waals surface area contributed by atoms with E-state index in [1.807, 2.05) is 6.07 Å². The quantitative estimate of drug-likeness (QED) is 0.737. The standard InChI is InChI=1S/C15H12FNO3/c1-19-13-7-6-11(16)8-10(13)9-17-12-4-2-3-5-14(12)20-15(17)18/h2-8H,9H2,1H3. The highest BCUT2D eigenvalue weighted by molar-refractivity contribution is 5.72. The van der Waals surface area contributed by atoms with Crippen LogP contribution in [0.15, 0.2) is 51.7 Å². The van der Waals surface area contributed by atoms with Crippen LogP contribution in [-0.2, 0) is 6.54 Å². The zero-order valence-electron chi connectivity index (χ0n) is 10.8. The van der Waals surface area contributed by atoms with Gasteiger partial charge in [0.25, 0.3) is 0 Å². The van der Waals surface area contributed by atoms with E-state index in [4.69, 9.17) is 9.15 Å². The van der Waals surface area contributed by atoms with Crippen molar-refractivity contribution in [1.29, 1.82) is 0 Å². The summed E-state index contributed by atoms with van der Waals surface area (Å²) < 4.78 is 25.1.